The number of halogens is 3. The quantitative estimate of drug-likeness (QED) is 0.306. The van der Waals surface area contributed by atoms with Gasteiger partial charge in [-0.2, -0.15) is 18.3 Å². The largest absolute Gasteiger partial charge is 0.416 e. The zero-order valence-electron chi connectivity index (χ0n) is 17.4. The molecule has 0 unspecified atom stereocenters. The van der Waals surface area contributed by atoms with Crippen molar-refractivity contribution in [1.82, 2.24) is 15.2 Å². The van der Waals surface area contributed by atoms with Gasteiger partial charge in [-0.15, -0.1) is 0 Å². The molecule has 0 bridgehead atoms. The first-order valence-electron chi connectivity index (χ1n) is 9.87. The molecule has 0 radical (unpaired) electrons. The van der Waals surface area contributed by atoms with Crippen molar-refractivity contribution in [3.05, 3.63) is 78.6 Å². The number of pyridine rings is 1. The summed E-state index contributed by atoms with van der Waals surface area (Å²) in [5.74, 6) is 0.718. The van der Waals surface area contributed by atoms with Gasteiger partial charge in [-0.3, -0.25) is 5.10 Å². The van der Waals surface area contributed by atoms with Crippen molar-refractivity contribution >= 4 is 23.2 Å². The average molecular weight is 452 g/mol. The van der Waals surface area contributed by atoms with Gasteiger partial charge in [0.05, 0.1) is 17.5 Å². The number of alkyl halides is 3. The lowest BCUT2D eigenvalue weighted by molar-refractivity contribution is -0.137. The van der Waals surface area contributed by atoms with Crippen LogP contribution >= 0.6 is 0 Å². The zero-order valence-corrected chi connectivity index (χ0v) is 17.4. The fourth-order valence-electron chi connectivity index (χ4n) is 3.25. The van der Waals surface area contributed by atoms with E-state index in [4.69, 9.17) is 0 Å². The van der Waals surface area contributed by atoms with Crippen molar-refractivity contribution < 1.29 is 18.0 Å². The van der Waals surface area contributed by atoms with Crippen molar-refractivity contribution in [3.8, 4) is 22.4 Å². The highest BCUT2D eigenvalue weighted by atomic mass is 19.4. The minimum Gasteiger partial charge on any atom is -0.373 e. The van der Waals surface area contributed by atoms with E-state index in [0.717, 1.165) is 40.3 Å². The number of hydrogen-bond donors (Lipinski definition) is 4. The van der Waals surface area contributed by atoms with Gasteiger partial charge in [0.15, 0.2) is 0 Å². The normalized spacial score (nSPS) is 11.2. The standard InChI is InChI=1S/C23H19F3N6O/c1-27-20-12-14(9-10-28-20)19-13-29-32-21(19)15-3-2-4-18(11-15)31-22(33)30-17-7-5-16(6-8-17)23(24,25)26/h2-13H,1H3,(H,27,28)(H,29,32)(H2,30,31,33). The topological polar surface area (TPSA) is 94.7 Å². The van der Waals surface area contributed by atoms with Crippen LogP contribution in [0.25, 0.3) is 22.4 Å². The number of aromatic nitrogens is 3. The van der Waals surface area contributed by atoms with Crippen LogP contribution in [0.1, 0.15) is 5.56 Å². The van der Waals surface area contributed by atoms with Gasteiger partial charge in [-0.25, -0.2) is 9.78 Å². The first kappa shape index (κ1) is 21.9. The molecule has 0 aliphatic rings. The summed E-state index contributed by atoms with van der Waals surface area (Å²) in [7, 11) is 1.78. The van der Waals surface area contributed by atoms with Crippen LogP contribution in [0.2, 0.25) is 0 Å². The van der Waals surface area contributed by atoms with Gasteiger partial charge in [0.25, 0.3) is 0 Å². The maximum atomic E-state index is 12.7. The van der Waals surface area contributed by atoms with E-state index in [9.17, 15) is 18.0 Å². The predicted octanol–water partition coefficient (Wildman–Crippen LogP) is 5.84. The summed E-state index contributed by atoms with van der Waals surface area (Å²) >= 11 is 0. The van der Waals surface area contributed by atoms with E-state index in [2.05, 4.69) is 31.1 Å². The van der Waals surface area contributed by atoms with Gasteiger partial charge in [-0.1, -0.05) is 12.1 Å². The van der Waals surface area contributed by atoms with Crippen molar-refractivity contribution in [2.45, 2.75) is 6.18 Å². The van der Waals surface area contributed by atoms with Gasteiger partial charge in [-0.05, 0) is 54.1 Å². The molecule has 168 valence electrons. The molecule has 2 amide bonds. The molecular weight excluding hydrogens is 433 g/mol. The van der Waals surface area contributed by atoms with Crippen LogP contribution in [0.4, 0.5) is 35.2 Å². The number of urea groups is 1. The third-order valence-corrected chi connectivity index (χ3v) is 4.85. The van der Waals surface area contributed by atoms with Gasteiger partial charge in [0.2, 0.25) is 0 Å². The lowest BCUT2D eigenvalue weighted by atomic mass is 10.0. The molecule has 33 heavy (non-hydrogen) atoms. The number of rotatable bonds is 5. The van der Waals surface area contributed by atoms with Crippen molar-refractivity contribution in [3.63, 3.8) is 0 Å². The minimum atomic E-state index is -4.43. The molecule has 0 saturated heterocycles. The number of nitrogens with zero attached hydrogens (tertiary/aromatic N) is 2. The molecular formula is C23H19F3N6O. The van der Waals surface area contributed by atoms with E-state index in [1.165, 1.54) is 12.1 Å². The van der Waals surface area contributed by atoms with E-state index in [-0.39, 0.29) is 5.69 Å². The molecule has 4 N–H and O–H groups in total. The Morgan fingerprint density at radius 3 is 2.42 bits per heavy atom. The van der Waals surface area contributed by atoms with E-state index < -0.39 is 17.8 Å². The highest BCUT2D eigenvalue weighted by Crippen LogP contribution is 2.32. The molecule has 0 atom stereocenters. The lowest BCUT2D eigenvalue weighted by Gasteiger charge is -2.11. The molecule has 7 nitrogen and oxygen atoms in total. The van der Waals surface area contributed by atoms with Crippen LogP contribution in [0.15, 0.2) is 73.1 Å². The van der Waals surface area contributed by atoms with Gasteiger partial charge in [0.1, 0.15) is 5.82 Å². The summed E-state index contributed by atoms with van der Waals surface area (Å²) in [4.78, 5) is 16.6. The van der Waals surface area contributed by atoms with Crippen LogP contribution in [0.3, 0.4) is 0 Å². The van der Waals surface area contributed by atoms with Gasteiger partial charge >= 0.3 is 12.2 Å². The average Bonchev–Trinajstić information content (AvgIpc) is 3.29. The molecule has 4 rings (SSSR count). The highest BCUT2D eigenvalue weighted by molar-refractivity contribution is 6.00. The van der Waals surface area contributed by atoms with Crippen molar-refractivity contribution in [1.29, 1.82) is 0 Å². The predicted molar refractivity (Wildman–Crippen MR) is 121 cm³/mol. The van der Waals surface area contributed by atoms with Crippen molar-refractivity contribution in [2.24, 2.45) is 0 Å². The highest BCUT2D eigenvalue weighted by Gasteiger charge is 2.30. The molecule has 10 heteroatoms. The van der Waals surface area contributed by atoms with Crippen LogP contribution < -0.4 is 16.0 Å². The van der Waals surface area contributed by atoms with E-state index in [1.54, 1.807) is 37.6 Å². The second kappa shape index (κ2) is 9.03. The third kappa shape index (κ3) is 5.12. The molecule has 0 saturated carbocycles. The Labute approximate surface area is 187 Å². The fourth-order valence-corrected chi connectivity index (χ4v) is 3.25. The molecule has 0 spiro atoms. The van der Waals surface area contributed by atoms with Crippen LogP contribution in [-0.4, -0.2) is 28.3 Å². The number of H-pyrrole nitrogens is 1. The van der Waals surface area contributed by atoms with Crippen molar-refractivity contribution in [2.75, 3.05) is 23.0 Å². The second-order valence-electron chi connectivity index (χ2n) is 7.07. The second-order valence-corrected chi connectivity index (χ2v) is 7.07. The molecule has 2 aromatic heterocycles. The number of carbonyl (C=O) groups is 1. The number of carbonyl (C=O) groups excluding carboxylic acids is 1. The number of amides is 2. The Balaban J connectivity index is 1.50. The Morgan fingerprint density at radius 1 is 0.939 bits per heavy atom. The molecule has 2 heterocycles. The SMILES string of the molecule is CNc1cc(-c2cn[nH]c2-c2cccc(NC(=O)Nc3ccc(C(F)(F)F)cc3)c2)ccn1. The van der Waals surface area contributed by atoms with Gasteiger partial charge in [0, 0.05) is 35.7 Å². The summed E-state index contributed by atoms with van der Waals surface area (Å²) in [6, 6.07) is 14.5. The Bertz CT molecular complexity index is 1270. The summed E-state index contributed by atoms with van der Waals surface area (Å²) in [5, 5.41) is 15.3. The summed E-state index contributed by atoms with van der Waals surface area (Å²) < 4.78 is 38.1. The molecule has 0 aliphatic carbocycles. The van der Waals surface area contributed by atoms with E-state index in [0.29, 0.717) is 5.69 Å². The molecule has 2 aromatic carbocycles. The number of anilines is 3. The molecule has 4 aromatic rings. The van der Waals surface area contributed by atoms with Gasteiger partial charge < -0.3 is 16.0 Å². The Morgan fingerprint density at radius 2 is 1.70 bits per heavy atom. The number of benzene rings is 2. The third-order valence-electron chi connectivity index (χ3n) is 4.85. The lowest BCUT2D eigenvalue weighted by Crippen LogP contribution is -2.19. The maximum absolute atomic E-state index is 12.7. The Hall–Kier alpha value is -4.34. The van der Waals surface area contributed by atoms with Crippen LogP contribution in [-0.2, 0) is 6.18 Å². The number of nitrogens with one attached hydrogen (secondary N) is 4. The van der Waals surface area contributed by atoms with E-state index >= 15 is 0 Å². The minimum absolute atomic E-state index is 0.241. The monoisotopic (exact) mass is 452 g/mol. The zero-order chi connectivity index (χ0) is 23.4. The summed E-state index contributed by atoms with van der Waals surface area (Å²) in [5.41, 5.74) is 3.28. The number of hydrogen-bond acceptors (Lipinski definition) is 4. The smallest absolute Gasteiger partial charge is 0.373 e. The first-order valence-corrected chi connectivity index (χ1v) is 9.87. The molecule has 0 fully saturated rings. The van der Waals surface area contributed by atoms with Crippen LogP contribution in [0.5, 0.6) is 0 Å². The maximum Gasteiger partial charge on any atom is 0.416 e. The Kier molecular flexibility index (Phi) is 5.99. The summed E-state index contributed by atoms with van der Waals surface area (Å²) in [6.07, 6.45) is -1.03. The molecule has 0 aliphatic heterocycles. The summed E-state index contributed by atoms with van der Waals surface area (Å²) in [6.45, 7) is 0. The van der Waals surface area contributed by atoms with E-state index in [1.807, 2.05) is 18.2 Å². The van der Waals surface area contributed by atoms with Crippen LogP contribution in [0, 0.1) is 0 Å². The number of aromatic amines is 1. The first-order chi connectivity index (χ1) is 15.8. The fraction of sp³-hybridized carbons (Fsp3) is 0.0870.